The summed E-state index contributed by atoms with van der Waals surface area (Å²) in [6, 6.07) is 50.2. The topological polar surface area (TPSA) is 38.7 Å². The molecule has 0 fully saturated rings. The second-order valence-corrected chi connectivity index (χ2v) is 12.5. The molecule has 0 saturated carbocycles. The average Bonchev–Trinajstić information content (AvgIpc) is 3.62. The van der Waals surface area contributed by atoms with Crippen molar-refractivity contribution in [2.45, 2.75) is 25.7 Å². The van der Waals surface area contributed by atoms with E-state index in [4.69, 9.17) is 15.0 Å². The monoisotopic (exact) mass is 589 g/mol. The first-order chi connectivity index (χ1) is 22.6. The van der Waals surface area contributed by atoms with Crippen LogP contribution in [0.1, 0.15) is 56.6 Å². The first kappa shape index (κ1) is 26.7. The zero-order chi connectivity index (χ0) is 30.8. The Morgan fingerprint density at radius 3 is 1.39 bits per heavy atom. The Hall–Kier alpha value is -5.67. The predicted molar refractivity (Wildman–Crippen MR) is 186 cm³/mol. The van der Waals surface area contributed by atoms with Gasteiger partial charge < -0.3 is 0 Å². The first-order valence-electron chi connectivity index (χ1n) is 15.9. The van der Waals surface area contributed by atoms with Crippen molar-refractivity contribution in [1.29, 1.82) is 0 Å². The minimum Gasteiger partial charge on any atom is -0.212 e. The van der Waals surface area contributed by atoms with Crippen molar-refractivity contribution in [1.82, 2.24) is 15.0 Å². The summed E-state index contributed by atoms with van der Waals surface area (Å²) < 4.78 is 0. The largest absolute Gasteiger partial charge is 0.212 e. The van der Waals surface area contributed by atoms with Gasteiger partial charge in [0, 0.05) is 17.0 Å². The molecular formula is C43H31N3. The van der Waals surface area contributed by atoms with Gasteiger partial charge in [-0.15, -0.1) is 0 Å². The first-order valence-corrected chi connectivity index (χ1v) is 15.9. The van der Waals surface area contributed by atoms with E-state index in [9.17, 15) is 0 Å². The van der Waals surface area contributed by atoms with Gasteiger partial charge in [0.1, 0.15) is 5.82 Å². The Morgan fingerprint density at radius 1 is 0.391 bits per heavy atom. The van der Waals surface area contributed by atoms with Gasteiger partial charge in [-0.1, -0.05) is 151 Å². The quantitative estimate of drug-likeness (QED) is 0.205. The summed E-state index contributed by atoms with van der Waals surface area (Å²) in [4.78, 5) is 15.7. The molecule has 6 aromatic carbocycles. The smallest absolute Gasteiger partial charge is 0.163 e. The minimum absolute atomic E-state index is 0.120. The second-order valence-electron chi connectivity index (χ2n) is 12.5. The number of hydrogen-bond donors (Lipinski definition) is 0. The fourth-order valence-corrected chi connectivity index (χ4v) is 7.47. The van der Waals surface area contributed by atoms with Gasteiger partial charge in [0.15, 0.2) is 11.6 Å². The number of nitrogens with zero attached hydrogens (tertiary/aromatic N) is 3. The molecule has 2 unspecified atom stereocenters. The Bertz CT molecular complexity index is 2200. The number of fused-ring (bicyclic) bond motifs is 7. The Kier molecular flexibility index (Phi) is 6.07. The molecule has 1 heterocycles. The van der Waals surface area contributed by atoms with E-state index in [-0.39, 0.29) is 11.8 Å². The maximum absolute atomic E-state index is 5.31. The summed E-state index contributed by atoms with van der Waals surface area (Å²) in [5.74, 6) is 2.15. The standard InChI is InChI=1S/C43H31N3/c1-26-16-20-29(21-17-26)41-44-42(30-22-18-27(2)19-23-30)46-43(45-41)40-34-15-9-7-13-32(34)36-25-24-35-31-12-6-8-14-33(31)37(38(35)39(36)40)28-10-4-3-5-11-28/h3-25,37,40H,1-2H3. The fraction of sp³-hybridized carbons (Fsp3) is 0.0930. The zero-order valence-electron chi connectivity index (χ0n) is 25.8. The Balaban J connectivity index is 1.33. The van der Waals surface area contributed by atoms with Gasteiger partial charge in [-0.25, -0.2) is 15.0 Å². The molecule has 0 aliphatic heterocycles. The van der Waals surface area contributed by atoms with Gasteiger partial charge >= 0.3 is 0 Å². The number of aromatic nitrogens is 3. The van der Waals surface area contributed by atoms with Crippen LogP contribution in [0.4, 0.5) is 0 Å². The molecule has 2 aliphatic rings. The van der Waals surface area contributed by atoms with Crippen LogP contribution in [-0.4, -0.2) is 15.0 Å². The summed E-state index contributed by atoms with van der Waals surface area (Å²) in [6.45, 7) is 4.21. The molecule has 0 bridgehead atoms. The molecule has 0 radical (unpaired) electrons. The van der Waals surface area contributed by atoms with E-state index >= 15 is 0 Å². The lowest BCUT2D eigenvalue weighted by atomic mass is 9.82. The maximum Gasteiger partial charge on any atom is 0.163 e. The summed E-state index contributed by atoms with van der Waals surface area (Å²) in [5, 5.41) is 0. The van der Waals surface area contributed by atoms with Crippen LogP contribution < -0.4 is 0 Å². The molecule has 2 aliphatic carbocycles. The lowest BCUT2D eigenvalue weighted by Crippen LogP contribution is -2.12. The van der Waals surface area contributed by atoms with Gasteiger partial charge in [0.05, 0.1) is 5.92 Å². The van der Waals surface area contributed by atoms with Crippen LogP contribution in [0.3, 0.4) is 0 Å². The van der Waals surface area contributed by atoms with Crippen molar-refractivity contribution >= 4 is 0 Å². The van der Waals surface area contributed by atoms with E-state index in [1.165, 1.54) is 61.2 Å². The molecule has 218 valence electrons. The highest BCUT2D eigenvalue weighted by molar-refractivity contribution is 5.91. The fourth-order valence-electron chi connectivity index (χ4n) is 7.47. The van der Waals surface area contributed by atoms with Crippen LogP contribution in [0.2, 0.25) is 0 Å². The molecule has 0 N–H and O–H groups in total. The van der Waals surface area contributed by atoms with Crippen molar-refractivity contribution in [2.24, 2.45) is 0 Å². The third kappa shape index (κ3) is 4.16. The molecule has 0 amide bonds. The van der Waals surface area contributed by atoms with Crippen molar-refractivity contribution < 1.29 is 0 Å². The maximum atomic E-state index is 5.31. The summed E-state index contributed by atoms with van der Waals surface area (Å²) >= 11 is 0. The van der Waals surface area contributed by atoms with Crippen molar-refractivity contribution in [3.8, 4) is 45.0 Å². The van der Waals surface area contributed by atoms with Gasteiger partial charge in [-0.05, 0) is 63.9 Å². The van der Waals surface area contributed by atoms with Gasteiger partial charge in [-0.3, -0.25) is 0 Å². The second kappa shape index (κ2) is 10.5. The third-order valence-electron chi connectivity index (χ3n) is 9.65. The van der Waals surface area contributed by atoms with Crippen LogP contribution in [0.25, 0.3) is 45.0 Å². The number of rotatable bonds is 4. The molecule has 3 nitrogen and oxygen atoms in total. The van der Waals surface area contributed by atoms with E-state index in [2.05, 4.69) is 153 Å². The van der Waals surface area contributed by atoms with Gasteiger partial charge in [0.25, 0.3) is 0 Å². The van der Waals surface area contributed by atoms with E-state index in [0.29, 0.717) is 11.6 Å². The predicted octanol–water partition coefficient (Wildman–Crippen LogP) is 10.1. The highest BCUT2D eigenvalue weighted by Gasteiger charge is 2.41. The van der Waals surface area contributed by atoms with Crippen LogP contribution in [0, 0.1) is 13.8 Å². The summed E-state index contributed by atoms with van der Waals surface area (Å²) in [7, 11) is 0. The van der Waals surface area contributed by atoms with Crippen LogP contribution in [-0.2, 0) is 0 Å². The molecular weight excluding hydrogens is 558 g/mol. The third-order valence-corrected chi connectivity index (χ3v) is 9.65. The van der Waals surface area contributed by atoms with Gasteiger partial charge in [-0.2, -0.15) is 0 Å². The lowest BCUT2D eigenvalue weighted by molar-refractivity contribution is 0.839. The number of benzene rings is 6. The zero-order valence-corrected chi connectivity index (χ0v) is 25.8. The average molecular weight is 590 g/mol. The Morgan fingerprint density at radius 2 is 0.848 bits per heavy atom. The highest BCUT2D eigenvalue weighted by Crippen LogP contribution is 2.57. The normalized spacial score (nSPS) is 15.6. The van der Waals surface area contributed by atoms with Gasteiger partial charge in [0.2, 0.25) is 0 Å². The Labute approximate surface area is 269 Å². The molecule has 0 saturated heterocycles. The summed E-state index contributed by atoms with van der Waals surface area (Å²) in [5.41, 5.74) is 16.1. The molecule has 7 aromatic rings. The summed E-state index contributed by atoms with van der Waals surface area (Å²) in [6.07, 6.45) is 0. The molecule has 46 heavy (non-hydrogen) atoms. The minimum atomic E-state index is -0.141. The molecule has 2 atom stereocenters. The molecule has 0 spiro atoms. The van der Waals surface area contributed by atoms with E-state index in [1.54, 1.807) is 0 Å². The highest BCUT2D eigenvalue weighted by atomic mass is 15.0. The SMILES string of the molecule is Cc1ccc(-c2nc(-c3ccc(C)cc3)nc(C3c4ccccc4-c4ccc5c(c43)C(c3ccccc3)c3ccccc3-5)n2)cc1. The van der Waals surface area contributed by atoms with Crippen LogP contribution in [0.15, 0.2) is 140 Å². The number of hydrogen-bond acceptors (Lipinski definition) is 3. The molecule has 1 aromatic heterocycles. The van der Waals surface area contributed by atoms with E-state index in [1.807, 2.05) is 0 Å². The molecule has 9 rings (SSSR count). The van der Waals surface area contributed by atoms with Crippen LogP contribution >= 0.6 is 0 Å². The van der Waals surface area contributed by atoms with E-state index < -0.39 is 0 Å². The van der Waals surface area contributed by atoms with Crippen molar-refractivity contribution in [3.63, 3.8) is 0 Å². The molecule has 3 heteroatoms. The number of aryl methyl sites for hydroxylation is 2. The lowest BCUT2D eigenvalue weighted by Gasteiger charge is -2.22. The van der Waals surface area contributed by atoms with E-state index in [0.717, 1.165) is 17.0 Å². The van der Waals surface area contributed by atoms with Crippen molar-refractivity contribution in [2.75, 3.05) is 0 Å². The van der Waals surface area contributed by atoms with Crippen molar-refractivity contribution in [3.05, 3.63) is 184 Å². The van der Waals surface area contributed by atoms with Crippen LogP contribution in [0.5, 0.6) is 0 Å².